The minimum absolute atomic E-state index is 0.00499. The third kappa shape index (κ3) is 9.71. The highest BCUT2D eigenvalue weighted by molar-refractivity contribution is 6.32. The number of alkyl halides is 1. The van der Waals surface area contributed by atoms with E-state index < -0.39 is 5.82 Å². The number of anilines is 2. The molecule has 306 valence electrons. The highest BCUT2D eigenvalue weighted by Gasteiger charge is 2.30. The number of amides is 2. The van der Waals surface area contributed by atoms with E-state index in [0.29, 0.717) is 61.4 Å². The number of fused-ring (bicyclic) bond motifs is 2. The fourth-order valence-corrected chi connectivity index (χ4v) is 7.55. The van der Waals surface area contributed by atoms with E-state index in [-0.39, 0.29) is 47.2 Å². The Hall–Kier alpha value is -5.25. The number of halogens is 5. The summed E-state index contributed by atoms with van der Waals surface area (Å²) in [6.45, 7) is 9.12. The van der Waals surface area contributed by atoms with Gasteiger partial charge < -0.3 is 24.3 Å². The van der Waals surface area contributed by atoms with Crippen molar-refractivity contribution in [3.8, 4) is 5.75 Å². The lowest BCUT2D eigenvalue weighted by Gasteiger charge is -2.41. The van der Waals surface area contributed by atoms with E-state index in [0.717, 1.165) is 27.4 Å². The molecule has 0 aliphatic carbocycles. The average Bonchev–Trinajstić information content (AvgIpc) is 3.87. The molecule has 2 atom stereocenters. The third-order valence-electron chi connectivity index (χ3n) is 10.1. The average molecular weight is 856 g/mol. The second kappa shape index (κ2) is 19.0. The largest absolute Gasteiger partial charge is 0.495 e. The summed E-state index contributed by atoms with van der Waals surface area (Å²) in [5.74, 6) is -0.429. The number of aromatic nitrogens is 6. The molecule has 0 unspecified atom stereocenters. The number of benzene rings is 2. The molecular weight excluding hydrogens is 813 g/mol. The van der Waals surface area contributed by atoms with Crippen LogP contribution in [-0.4, -0.2) is 116 Å². The molecule has 2 aliphatic heterocycles. The zero-order valence-corrected chi connectivity index (χ0v) is 34.6. The van der Waals surface area contributed by atoms with Gasteiger partial charge in [-0.15, -0.1) is 11.6 Å². The molecule has 0 saturated carbocycles. The van der Waals surface area contributed by atoms with Gasteiger partial charge in [-0.1, -0.05) is 23.2 Å². The first-order valence-corrected chi connectivity index (χ1v) is 19.8. The first-order chi connectivity index (χ1) is 27.9. The van der Waals surface area contributed by atoms with Crippen molar-refractivity contribution in [2.75, 3.05) is 62.1 Å². The van der Waals surface area contributed by atoms with Crippen molar-refractivity contribution in [1.82, 2.24) is 39.7 Å². The van der Waals surface area contributed by atoms with Crippen molar-refractivity contribution in [1.29, 1.82) is 0 Å². The molecule has 8 rings (SSSR count). The van der Waals surface area contributed by atoms with Gasteiger partial charge in [0.25, 0.3) is 0 Å². The number of aryl methyl sites for hydroxylation is 1. The van der Waals surface area contributed by atoms with E-state index in [1.54, 1.807) is 58.9 Å². The van der Waals surface area contributed by atoms with Gasteiger partial charge in [-0.2, -0.15) is 10.2 Å². The van der Waals surface area contributed by atoms with Gasteiger partial charge in [-0.25, -0.2) is 8.78 Å². The Morgan fingerprint density at radius 3 is 2.03 bits per heavy atom. The number of rotatable bonds is 6. The summed E-state index contributed by atoms with van der Waals surface area (Å²) >= 11 is 17.5. The number of ether oxygens (including phenoxy) is 1. The number of carbonyl (C=O) groups excluding carboxylic acids is 2. The maximum atomic E-state index is 14.5. The van der Waals surface area contributed by atoms with Crippen LogP contribution in [0.5, 0.6) is 5.75 Å². The summed E-state index contributed by atoms with van der Waals surface area (Å²) in [7, 11) is 1.50. The van der Waals surface area contributed by atoms with Crippen molar-refractivity contribution in [3.63, 3.8) is 0 Å². The molecule has 2 aromatic carbocycles. The lowest BCUT2D eigenvalue weighted by Crippen LogP contribution is -2.55. The van der Waals surface area contributed by atoms with Gasteiger partial charge in [-0.05, 0) is 56.7 Å². The molecule has 6 aromatic rings. The first-order valence-electron chi connectivity index (χ1n) is 18.5. The molecule has 0 radical (unpaired) electrons. The topological polar surface area (TPSA) is 129 Å². The molecule has 0 spiro atoms. The summed E-state index contributed by atoms with van der Waals surface area (Å²) < 4.78 is 35.4. The Morgan fingerprint density at radius 2 is 1.41 bits per heavy atom. The standard InChI is InChI=1S/C20H21ClFN5O2.C14H17Cl2FN2O.C6H5N3/c1-13-11-25(17-8-19(29-2)15(21)7-16(17)22)5-6-26(13)20(28)12-27-18-10-23-4-3-14(18)9-24-27;1-9-5-13(12(17)6-11(9)16)18-3-4-19(10(2)8-18)14(20)7-15;1-2-7-4-6-5(1)3-8-9-6/h3-4,7-10,13H,5-6,11-12H2,1-2H3;5-6,10H,3-4,7-8H2,1-2H3;1-4H,(H,8,9)/t13-;10-;/m00./s1. The molecule has 18 heteroatoms. The van der Waals surface area contributed by atoms with Crippen LogP contribution in [0.15, 0.2) is 73.6 Å². The Bertz CT molecular complexity index is 2350. The number of hydrogen-bond acceptors (Lipinski definition) is 9. The van der Waals surface area contributed by atoms with E-state index in [2.05, 4.69) is 25.3 Å². The van der Waals surface area contributed by atoms with Crippen LogP contribution in [0.2, 0.25) is 10.0 Å². The SMILES string of the molecule is COc1cc(N2CCN(C(=O)Cn3ncc4ccncc43)[C@@H](C)C2)c(F)cc1Cl.Cc1cc(N2CCN(C(=O)CCl)[C@@H](C)C2)c(F)cc1Cl.c1cc2cn[nH]c2cn1. The molecule has 13 nitrogen and oxygen atoms in total. The van der Waals surface area contributed by atoms with E-state index in [9.17, 15) is 18.4 Å². The quantitative estimate of drug-likeness (QED) is 0.176. The molecule has 2 fully saturated rings. The van der Waals surface area contributed by atoms with Crippen LogP contribution in [0.3, 0.4) is 0 Å². The highest BCUT2D eigenvalue weighted by Crippen LogP contribution is 2.33. The van der Waals surface area contributed by atoms with Gasteiger partial charge in [0, 0.05) is 85.6 Å². The number of H-pyrrole nitrogens is 1. The van der Waals surface area contributed by atoms with Crippen molar-refractivity contribution >= 4 is 79.8 Å². The summed E-state index contributed by atoms with van der Waals surface area (Å²) in [5.41, 5.74) is 3.61. The minimum Gasteiger partial charge on any atom is -0.495 e. The molecule has 2 aliphatic rings. The Morgan fingerprint density at radius 1 is 0.810 bits per heavy atom. The van der Waals surface area contributed by atoms with Crippen LogP contribution < -0.4 is 14.5 Å². The molecule has 4 aromatic heterocycles. The lowest BCUT2D eigenvalue weighted by molar-refractivity contribution is -0.134. The molecule has 0 bridgehead atoms. The molecule has 58 heavy (non-hydrogen) atoms. The second-order valence-corrected chi connectivity index (χ2v) is 15.0. The monoisotopic (exact) mass is 854 g/mol. The maximum Gasteiger partial charge on any atom is 0.244 e. The molecular formula is C40H43Cl3F2N10O3. The van der Waals surface area contributed by atoms with Gasteiger partial charge in [0.05, 0.1) is 59.3 Å². The van der Waals surface area contributed by atoms with E-state index in [1.165, 1.54) is 19.2 Å². The van der Waals surface area contributed by atoms with Gasteiger partial charge in [0.1, 0.15) is 29.8 Å². The fraction of sp³-hybridized carbons (Fsp3) is 0.350. The first kappa shape index (κ1) is 42.4. The minimum atomic E-state index is -0.404. The maximum absolute atomic E-state index is 14.5. The molecule has 2 saturated heterocycles. The van der Waals surface area contributed by atoms with Crippen molar-refractivity contribution in [3.05, 3.63) is 101 Å². The van der Waals surface area contributed by atoms with Gasteiger partial charge in [-0.3, -0.25) is 29.3 Å². The van der Waals surface area contributed by atoms with Crippen LogP contribution in [-0.2, 0) is 16.1 Å². The van der Waals surface area contributed by atoms with Crippen molar-refractivity contribution in [2.45, 2.75) is 39.4 Å². The third-order valence-corrected chi connectivity index (χ3v) is 11.0. The van der Waals surface area contributed by atoms with Crippen LogP contribution in [0.4, 0.5) is 20.2 Å². The number of piperazine rings is 2. The predicted octanol–water partition coefficient (Wildman–Crippen LogP) is 6.99. The number of nitrogens with one attached hydrogen (secondary N) is 1. The number of pyridine rings is 2. The summed E-state index contributed by atoms with van der Waals surface area (Å²) in [6, 6.07) is 9.65. The molecule has 2 amide bonds. The van der Waals surface area contributed by atoms with Crippen LogP contribution in [0.1, 0.15) is 19.4 Å². The normalized spacial score (nSPS) is 16.8. The second-order valence-electron chi connectivity index (χ2n) is 14.0. The number of methoxy groups -OCH3 is 1. The zero-order chi connectivity index (χ0) is 41.5. The van der Waals surface area contributed by atoms with Crippen molar-refractivity contribution in [2.24, 2.45) is 0 Å². The predicted molar refractivity (Wildman–Crippen MR) is 223 cm³/mol. The Balaban J connectivity index is 0.000000167. The van der Waals surface area contributed by atoms with Crippen molar-refractivity contribution < 1.29 is 23.1 Å². The Labute approximate surface area is 349 Å². The molecule has 1 N–H and O–H groups in total. The summed E-state index contributed by atoms with van der Waals surface area (Å²) in [5, 5.41) is 13.6. The van der Waals surface area contributed by atoms with Gasteiger partial charge in [0.2, 0.25) is 11.8 Å². The summed E-state index contributed by atoms with van der Waals surface area (Å²) in [4.78, 5) is 40.0. The molecule has 6 heterocycles. The highest BCUT2D eigenvalue weighted by atomic mass is 35.5. The van der Waals surface area contributed by atoms with Gasteiger partial charge >= 0.3 is 0 Å². The number of carbonyl (C=O) groups is 2. The van der Waals surface area contributed by atoms with Gasteiger partial charge in [0.15, 0.2) is 0 Å². The van der Waals surface area contributed by atoms with Crippen LogP contribution in [0.25, 0.3) is 21.8 Å². The fourth-order valence-electron chi connectivity index (χ4n) is 7.02. The van der Waals surface area contributed by atoms with Crippen LogP contribution in [0, 0.1) is 18.6 Å². The zero-order valence-electron chi connectivity index (χ0n) is 32.4. The Kier molecular flexibility index (Phi) is 13.9. The number of nitrogens with zero attached hydrogens (tertiary/aromatic N) is 9. The van der Waals surface area contributed by atoms with E-state index >= 15 is 0 Å². The summed E-state index contributed by atoms with van der Waals surface area (Å²) in [6.07, 6.45) is 10.4. The smallest absolute Gasteiger partial charge is 0.244 e. The number of hydrogen-bond donors (Lipinski definition) is 1. The van der Waals surface area contributed by atoms with Crippen LogP contribution >= 0.6 is 34.8 Å². The van der Waals surface area contributed by atoms with E-state index in [1.807, 2.05) is 47.6 Å². The van der Waals surface area contributed by atoms with E-state index in [4.69, 9.17) is 39.5 Å². The lowest BCUT2D eigenvalue weighted by atomic mass is 10.1. The number of aromatic amines is 1.